The number of carbonyl (C=O) groups excluding carboxylic acids is 1. The quantitative estimate of drug-likeness (QED) is 0.580. The van der Waals surface area contributed by atoms with Gasteiger partial charge in [-0.1, -0.05) is 30.3 Å². The summed E-state index contributed by atoms with van der Waals surface area (Å²) in [7, 11) is 0. The maximum atomic E-state index is 11.4. The molecule has 2 saturated heterocycles. The van der Waals surface area contributed by atoms with Crippen molar-refractivity contribution in [2.75, 3.05) is 19.8 Å². The standard InChI is InChI=1S/C26H30O4/c1-19(27)24-14-20(24)16-28-17-25-10-12-26(13-11-25,29-18-25)21-6-5-9-23(15-21)30-22-7-3-2-4-8-22/h2-9,15,20,24H,10-14,16-18H2,1H3/t20-,24-,25?,26?/m0/s1. The molecular weight excluding hydrogens is 376 g/mol. The topological polar surface area (TPSA) is 44.8 Å². The Morgan fingerprint density at radius 1 is 1.03 bits per heavy atom. The van der Waals surface area contributed by atoms with E-state index in [1.54, 1.807) is 6.92 Å². The van der Waals surface area contributed by atoms with E-state index < -0.39 is 0 Å². The van der Waals surface area contributed by atoms with Crippen LogP contribution in [-0.2, 0) is 19.9 Å². The Morgan fingerprint density at radius 2 is 1.80 bits per heavy atom. The van der Waals surface area contributed by atoms with Gasteiger partial charge < -0.3 is 14.2 Å². The number of para-hydroxylation sites is 1. The average molecular weight is 407 g/mol. The number of ether oxygens (including phenoxy) is 3. The van der Waals surface area contributed by atoms with E-state index in [1.165, 1.54) is 5.56 Å². The zero-order chi connectivity index (χ0) is 20.6. The number of Topliss-reactive ketones (excluding diaryl/α,β-unsaturated/α-hetero) is 1. The maximum Gasteiger partial charge on any atom is 0.133 e. The third kappa shape index (κ3) is 3.91. The molecule has 4 aliphatic rings. The lowest BCUT2D eigenvalue weighted by molar-refractivity contribution is -0.205. The van der Waals surface area contributed by atoms with Gasteiger partial charge in [-0.05, 0) is 74.8 Å². The summed E-state index contributed by atoms with van der Waals surface area (Å²) in [4.78, 5) is 11.4. The zero-order valence-corrected chi connectivity index (χ0v) is 17.6. The van der Waals surface area contributed by atoms with Crippen LogP contribution in [0.15, 0.2) is 54.6 Å². The summed E-state index contributed by atoms with van der Waals surface area (Å²) in [6.07, 6.45) is 5.29. The average Bonchev–Trinajstić information content (AvgIpc) is 3.56. The van der Waals surface area contributed by atoms with Crippen molar-refractivity contribution < 1.29 is 19.0 Å². The van der Waals surface area contributed by atoms with Gasteiger partial charge in [0, 0.05) is 11.3 Å². The Morgan fingerprint density at radius 3 is 2.47 bits per heavy atom. The molecule has 6 rings (SSSR count). The summed E-state index contributed by atoms with van der Waals surface area (Å²) < 4.78 is 18.6. The van der Waals surface area contributed by atoms with Crippen LogP contribution in [0.3, 0.4) is 0 Å². The molecule has 0 radical (unpaired) electrons. The minimum atomic E-state index is -0.200. The first kappa shape index (κ1) is 19.8. The summed E-state index contributed by atoms with van der Waals surface area (Å²) in [5.41, 5.74) is 1.15. The lowest BCUT2D eigenvalue weighted by atomic mass is 9.64. The van der Waals surface area contributed by atoms with E-state index in [2.05, 4.69) is 18.2 Å². The first-order chi connectivity index (χ1) is 14.6. The predicted molar refractivity (Wildman–Crippen MR) is 115 cm³/mol. The highest BCUT2D eigenvalue weighted by Gasteiger charge is 2.51. The van der Waals surface area contributed by atoms with Gasteiger partial charge in [0.25, 0.3) is 0 Å². The van der Waals surface area contributed by atoms with Crippen LogP contribution in [0.1, 0.15) is 44.6 Å². The van der Waals surface area contributed by atoms with Crippen molar-refractivity contribution in [2.45, 2.75) is 44.6 Å². The number of benzene rings is 2. The molecular formula is C26H30O4. The van der Waals surface area contributed by atoms with E-state index in [-0.39, 0.29) is 16.9 Å². The molecule has 2 aliphatic heterocycles. The van der Waals surface area contributed by atoms with Crippen molar-refractivity contribution in [3.05, 3.63) is 60.2 Å². The van der Waals surface area contributed by atoms with Crippen LogP contribution in [0.5, 0.6) is 11.5 Å². The zero-order valence-electron chi connectivity index (χ0n) is 17.6. The van der Waals surface area contributed by atoms with Crippen molar-refractivity contribution >= 4 is 5.78 Å². The minimum Gasteiger partial charge on any atom is -0.457 e. The predicted octanol–water partition coefficient (Wildman–Crippen LogP) is 5.51. The van der Waals surface area contributed by atoms with E-state index in [0.29, 0.717) is 11.7 Å². The van der Waals surface area contributed by atoms with Crippen molar-refractivity contribution in [3.63, 3.8) is 0 Å². The SMILES string of the molecule is CC(=O)[C@@H]1C[C@H]1COCC12CCC(c3cccc(Oc4ccccc4)c3)(CC1)OC2. The lowest BCUT2D eigenvalue weighted by Crippen LogP contribution is -2.51. The van der Waals surface area contributed by atoms with Gasteiger partial charge in [-0.2, -0.15) is 0 Å². The Balaban J connectivity index is 1.19. The number of hydrogen-bond acceptors (Lipinski definition) is 4. The highest BCUT2D eigenvalue weighted by Crippen LogP contribution is 2.54. The van der Waals surface area contributed by atoms with E-state index >= 15 is 0 Å². The van der Waals surface area contributed by atoms with Gasteiger partial charge in [0.2, 0.25) is 0 Å². The molecule has 30 heavy (non-hydrogen) atoms. The molecule has 4 nitrogen and oxygen atoms in total. The molecule has 0 spiro atoms. The number of fused-ring (bicyclic) bond motifs is 3. The molecule has 2 aliphatic carbocycles. The van der Waals surface area contributed by atoms with Gasteiger partial charge in [0.1, 0.15) is 17.3 Å². The molecule has 158 valence electrons. The molecule has 0 aromatic heterocycles. The van der Waals surface area contributed by atoms with E-state index in [9.17, 15) is 4.79 Å². The summed E-state index contributed by atoms with van der Waals surface area (Å²) in [5.74, 6) is 2.70. The molecule has 2 atom stereocenters. The van der Waals surface area contributed by atoms with Crippen LogP contribution in [0.25, 0.3) is 0 Å². The van der Waals surface area contributed by atoms with Gasteiger partial charge >= 0.3 is 0 Å². The van der Waals surface area contributed by atoms with Crippen molar-refractivity contribution in [1.82, 2.24) is 0 Å². The smallest absolute Gasteiger partial charge is 0.133 e. The summed E-state index contributed by atoms with van der Waals surface area (Å²) in [6, 6.07) is 18.3. The van der Waals surface area contributed by atoms with E-state index in [0.717, 1.165) is 63.4 Å². The normalized spacial score (nSPS) is 32.0. The van der Waals surface area contributed by atoms with Crippen molar-refractivity contribution in [3.8, 4) is 11.5 Å². The Kier molecular flexibility index (Phi) is 5.16. The van der Waals surface area contributed by atoms with Gasteiger partial charge in [-0.25, -0.2) is 0 Å². The summed E-state index contributed by atoms with van der Waals surface area (Å²) >= 11 is 0. The van der Waals surface area contributed by atoms with Gasteiger partial charge in [0.05, 0.1) is 25.4 Å². The second-order valence-electron chi connectivity index (χ2n) is 9.45. The first-order valence-corrected chi connectivity index (χ1v) is 11.1. The largest absolute Gasteiger partial charge is 0.457 e. The molecule has 4 heteroatoms. The maximum absolute atomic E-state index is 11.4. The van der Waals surface area contributed by atoms with Crippen molar-refractivity contribution in [1.29, 1.82) is 0 Å². The highest BCUT2D eigenvalue weighted by molar-refractivity contribution is 5.81. The Hall–Kier alpha value is -2.17. The third-order valence-electron chi connectivity index (χ3n) is 7.30. The lowest BCUT2D eigenvalue weighted by Gasteiger charge is -2.53. The van der Waals surface area contributed by atoms with Crippen LogP contribution in [0, 0.1) is 17.3 Å². The van der Waals surface area contributed by atoms with Gasteiger partial charge in [0.15, 0.2) is 0 Å². The molecule has 2 heterocycles. The molecule has 2 bridgehead atoms. The summed E-state index contributed by atoms with van der Waals surface area (Å²) in [5, 5.41) is 0. The van der Waals surface area contributed by atoms with Crippen LogP contribution in [-0.4, -0.2) is 25.6 Å². The fourth-order valence-corrected chi connectivity index (χ4v) is 5.15. The first-order valence-electron chi connectivity index (χ1n) is 11.1. The highest BCUT2D eigenvalue weighted by atomic mass is 16.5. The van der Waals surface area contributed by atoms with Crippen LogP contribution in [0.2, 0.25) is 0 Å². The molecule has 2 aromatic rings. The third-order valence-corrected chi connectivity index (χ3v) is 7.30. The van der Waals surface area contributed by atoms with Crippen LogP contribution in [0.4, 0.5) is 0 Å². The van der Waals surface area contributed by atoms with Gasteiger partial charge in [-0.3, -0.25) is 4.79 Å². The number of carbonyl (C=O) groups is 1. The number of rotatable bonds is 8. The van der Waals surface area contributed by atoms with E-state index in [4.69, 9.17) is 14.2 Å². The summed E-state index contributed by atoms with van der Waals surface area (Å²) in [6.45, 7) is 3.91. The minimum absolute atomic E-state index is 0.139. The van der Waals surface area contributed by atoms with Gasteiger partial charge in [-0.15, -0.1) is 0 Å². The van der Waals surface area contributed by atoms with Crippen LogP contribution < -0.4 is 4.74 Å². The fourth-order valence-electron chi connectivity index (χ4n) is 5.15. The molecule has 2 aromatic carbocycles. The Bertz CT molecular complexity index is 882. The van der Waals surface area contributed by atoms with E-state index in [1.807, 2.05) is 36.4 Å². The molecule has 0 unspecified atom stereocenters. The second-order valence-corrected chi connectivity index (χ2v) is 9.45. The molecule has 2 saturated carbocycles. The molecule has 4 fully saturated rings. The van der Waals surface area contributed by atoms with Crippen LogP contribution >= 0.6 is 0 Å². The number of ketones is 1. The Labute approximate surface area is 178 Å². The molecule has 0 amide bonds. The number of hydrogen-bond donors (Lipinski definition) is 0. The molecule has 0 N–H and O–H groups in total. The fraction of sp³-hybridized carbons (Fsp3) is 0.500. The second kappa shape index (κ2) is 7.82. The monoisotopic (exact) mass is 406 g/mol. The van der Waals surface area contributed by atoms with Crippen molar-refractivity contribution in [2.24, 2.45) is 17.3 Å².